The Balaban J connectivity index is 1.60. The molecule has 0 amide bonds. The van der Waals surface area contributed by atoms with E-state index >= 15 is 0 Å². The number of hydrogen-bond acceptors (Lipinski definition) is 6. The number of halogens is 1. The molecule has 0 unspecified atom stereocenters. The van der Waals surface area contributed by atoms with Crippen molar-refractivity contribution < 1.29 is 14.4 Å². The van der Waals surface area contributed by atoms with Crippen LogP contribution in [0, 0.1) is 10.1 Å². The molecule has 0 radical (unpaired) electrons. The van der Waals surface area contributed by atoms with Crippen LogP contribution in [0.4, 0.5) is 5.69 Å². The van der Waals surface area contributed by atoms with Crippen molar-refractivity contribution in [2.24, 2.45) is 5.10 Å². The maximum Gasteiger partial charge on any atom is 0.269 e. The largest absolute Gasteiger partial charge is 0.497 e. The molecule has 2 heterocycles. The molecule has 0 bridgehead atoms. The van der Waals surface area contributed by atoms with Crippen LogP contribution in [0.25, 0.3) is 0 Å². The standard InChI is InChI=1S/C23H18ClN3O4/c1-30-18-7-3-4-14(11-18)20-13-21-19-12-16(24)8-9-22(19)31-23(26(21)25-20)15-5-2-6-17(10-15)27(28)29/h2-12,21,23H,13H2,1H3/t21-,23+/m0/s1. The summed E-state index contributed by atoms with van der Waals surface area (Å²) in [7, 11) is 1.63. The molecule has 0 N–H and O–H groups in total. The number of nitrogens with zero attached hydrogens (tertiary/aromatic N) is 3. The van der Waals surface area contributed by atoms with Gasteiger partial charge in [0.15, 0.2) is 0 Å². The predicted molar refractivity (Wildman–Crippen MR) is 117 cm³/mol. The lowest BCUT2D eigenvalue weighted by atomic mass is 9.96. The van der Waals surface area contributed by atoms with Crippen LogP contribution >= 0.6 is 11.6 Å². The fraction of sp³-hybridized carbons (Fsp3) is 0.174. The maximum atomic E-state index is 11.3. The SMILES string of the molecule is COc1cccc(C2=NN3[C@@H](c4cccc([N+](=O)[O-])c4)Oc4ccc(Cl)cc4[C@@H]3C2)c1. The average molecular weight is 436 g/mol. The lowest BCUT2D eigenvalue weighted by molar-refractivity contribution is -0.385. The number of benzene rings is 3. The molecule has 2 aliphatic rings. The quantitative estimate of drug-likeness (QED) is 0.399. The molecule has 156 valence electrons. The van der Waals surface area contributed by atoms with E-state index in [9.17, 15) is 10.1 Å². The minimum Gasteiger partial charge on any atom is -0.497 e. The van der Waals surface area contributed by atoms with E-state index < -0.39 is 11.2 Å². The minimum atomic E-state index is -0.596. The summed E-state index contributed by atoms with van der Waals surface area (Å²) < 4.78 is 11.6. The van der Waals surface area contributed by atoms with Crippen molar-refractivity contribution in [3.8, 4) is 11.5 Å². The third kappa shape index (κ3) is 3.47. The van der Waals surface area contributed by atoms with Crippen molar-refractivity contribution >= 4 is 23.0 Å². The summed E-state index contributed by atoms with van der Waals surface area (Å²) in [6.45, 7) is 0. The van der Waals surface area contributed by atoms with E-state index in [1.165, 1.54) is 12.1 Å². The summed E-state index contributed by atoms with van der Waals surface area (Å²) in [5.41, 5.74) is 3.45. The fourth-order valence-electron chi connectivity index (χ4n) is 4.05. The highest BCUT2D eigenvalue weighted by Gasteiger charge is 2.41. The zero-order valence-corrected chi connectivity index (χ0v) is 17.3. The van der Waals surface area contributed by atoms with Gasteiger partial charge in [-0.1, -0.05) is 35.9 Å². The molecule has 5 rings (SSSR count). The highest BCUT2D eigenvalue weighted by Crippen LogP contribution is 2.48. The van der Waals surface area contributed by atoms with E-state index in [1.54, 1.807) is 19.2 Å². The van der Waals surface area contributed by atoms with Crippen molar-refractivity contribution in [2.45, 2.75) is 18.7 Å². The van der Waals surface area contributed by atoms with Gasteiger partial charge >= 0.3 is 0 Å². The van der Waals surface area contributed by atoms with Gasteiger partial charge in [-0.3, -0.25) is 10.1 Å². The van der Waals surface area contributed by atoms with E-state index in [0.29, 0.717) is 22.8 Å². The van der Waals surface area contributed by atoms with Gasteiger partial charge in [0, 0.05) is 40.3 Å². The van der Waals surface area contributed by atoms with Gasteiger partial charge in [0.25, 0.3) is 5.69 Å². The number of hydrogen-bond donors (Lipinski definition) is 0. The highest BCUT2D eigenvalue weighted by molar-refractivity contribution is 6.30. The van der Waals surface area contributed by atoms with Gasteiger partial charge in [0.2, 0.25) is 6.23 Å². The fourth-order valence-corrected chi connectivity index (χ4v) is 4.23. The molecule has 8 heteroatoms. The van der Waals surface area contributed by atoms with Gasteiger partial charge in [-0.05, 0) is 30.3 Å². The molecule has 0 saturated carbocycles. The second-order valence-electron chi connectivity index (χ2n) is 7.38. The number of nitro groups is 1. The highest BCUT2D eigenvalue weighted by atomic mass is 35.5. The second-order valence-corrected chi connectivity index (χ2v) is 7.82. The van der Waals surface area contributed by atoms with Crippen molar-refractivity contribution in [1.82, 2.24) is 5.01 Å². The lowest BCUT2D eigenvalue weighted by Crippen LogP contribution is -2.33. The van der Waals surface area contributed by atoms with Crippen LogP contribution in [0.15, 0.2) is 71.8 Å². The van der Waals surface area contributed by atoms with Crippen molar-refractivity contribution in [1.29, 1.82) is 0 Å². The molecule has 0 spiro atoms. The van der Waals surface area contributed by atoms with E-state index in [1.807, 2.05) is 47.5 Å². The molecular weight excluding hydrogens is 418 g/mol. The Morgan fingerprint density at radius 2 is 2.00 bits per heavy atom. The maximum absolute atomic E-state index is 11.3. The molecule has 0 aromatic heterocycles. The Bertz CT molecular complexity index is 1210. The summed E-state index contributed by atoms with van der Waals surface area (Å²) in [6.07, 6.45) is 0.0524. The zero-order valence-electron chi connectivity index (χ0n) is 16.6. The molecule has 0 saturated heterocycles. The number of rotatable bonds is 4. The molecule has 7 nitrogen and oxygen atoms in total. The van der Waals surface area contributed by atoms with Gasteiger partial charge in [-0.2, -0.15) is 5.10 Å². The van der Waals surface area contributed by atoms with Crippen LogP contribution in [0.2, 0.25) is 5.02 Å². The molecule has 3 aromatic carbocycles. The normalized spacial score (nSPS) is 19.2. The number of methoxy groups -OCH3 is 1. The first-order valence-electron chi connectivity index (χ1n) is 9.74. The van der Waals surface area contributed by atoms with Crippen LogP contribution in [0.5, 0.6) is 11.5 Å². The van der Waals surface area contributed by atoms with Gasteiger partial charge in [-0.25, -0.2) is 5.01 Å². The monoisotopic (exact) mass is 435 g/mol. The number of ether oxygens (including phenoxy) is 2. The van der Waals surface area contributed by atoms with Crippen LogP contribution in [-0.4, -0.2) is 22.8 Å². The third-order valence-electron chi connectivity index (χ3n) is 5.52. The average Bonchev–Trinajstić information content (AvgIpc) is 3.24. The third-order valence-corrected chi connectivity index (χ3v) is 5.76. The van der Waals surface area contributed by atoms with Crippen LogP contribution in [0.1, 0.15) is 35.4 Å². The number of hydrazone groups is 1. The predicted octanol–water partition coefficient (Wildman–Crippen LogP) is 5.50. The molecule has 3 aromatic rings. The smallest absolute Gasteiger partial charge is 0.269 e. The van der Waals surface area contributed by atoms with Crippen LogP contribution in [-0.2, 0) is 0 Å². The Labute approximate surface area is 183 Å². The molecule has 2 atom stereocenters. The van der Waals surface area contributed by atoms with Gasteiger partial charge < -0.3 is 9.47 Å². The summed E-state index contributed by atoms with van der Waals surface area (Å²) in [6, 6.07) is 19.6. The summed E-state index contributed by atoms with van der Waals surface area (Å²) in [5, 5.41) is 18.7. The van der Waals surface area contributed by atoms with Crippen molar-refractivity contribution in [3.63, 3.8) is 0 Å². The van der Waals surface area contributed by atoms with Gasteiger partial charge in [0.1, 0.15) is 11.5 Å². The van der Waals surface area contributed by atoms with Gasteiger partial charge in [-0.15, -0.1) is 0 Å². The summed E-state index contributed by atoms with van der Waals surface area (Å²) >= 11 is 6.27. The lowest BCUT2D eigenvalue weighted by Gasteiger charge is -2.38. The molecule has 0 aliphatic carbocycles. The Morgan fingerprint density at radius 1 is 1.16 bits per heavy atom. The van der Waals surface area contributed by atoms with Crippen molar-refractivity contribution in [2.75, 3.05) is 7.11 Å². The summed E-state index contributed by atoms with van der Waals surface area (Å²) in [4.78, 5) is 10.9. The zero-order chi connectivity index (χ0) is 21.5. The number of non-ortho nitro benzene ring substituents is 1. The molecule has 0 fully saturated rings. The van der Waals surface area contributed by atoms with Crippen LogP contribution in [0.3, 0.4) is 0 Å². The first-order chi connectivity index (χ1) is 15.0. The van der Waals surface area contributed by atoms with E-state index in [-0.39, 0.29) is 11.7 Å². The Hall–Kier alpha value is -3.58. The molecule has 31 heavy (non-hydrogen) atoms. The summed E-state index contributed by atoms with van der Waals surface area (Å²) in [5.74, 6) is 1.45. The molecule has 2 aliphatic heterocycles. The van der Waals surface area contributed by atoms with Crippen LogP contribution < -0.4 is 9.47 Å². The number of nitro benzene ring substituents is 1. The number of fused-ring (bicyclic) bond motifs is 3. The van der Waals surface area contributed by atoms with Gasteiger partial charge in [0.05, 0.1) is 23.8 Å². The Kier molecular flexibility index (Phi) is 4.75. The first kappa shape index (κ1) is 19.4. The van der Waals surface area contributed by atoms with E-state index in [2.05, 4.69) is 0 Å². The minimum absolute atomic E-state index is 0.00995. The van der Waals surface area contributed by atoms with Crippen molar-refractivity contribution in [3.05, 3.63) is 98.6 Å². The second kappa shape index (κ2) is 7.59. The Morgan fingerprint density at radius 3 is 2.81 bits per heavy atom. The van der Waals surface area contributed by atoms with E-state index in [0.717, 1.165) is 22.6 Å². The van der Waals surface area contributed by atoms with E-state index in [4.69, 9.17) is 26.2 Å². The topological polar surface area (TPSA) is 77.2 Å². The molecular formula is C23H18ClN3O4. The first-order valence-corrected chi connectivity index (χ1v) is 10.1.